The smallest absolute Gasteiger partial charge is 0.305 e. The SMILES string of the molecule is CCC.COC(=O)CCCCCNc1ncnc2oc(-c3ccccc3)c(-c3ccccc3)c12. The molecule has 1 N–H and O–H groups in total. The lowest BCUT2D eigenvalue weighted by Gasteiger charge is -2.08. The summed E-state index contributed by atoms with van der Waals surface area (Å²) < 4.78 is 10.9. The zero-order chi connectivity index (χ0) is 24.2. The van der Waals surface area contributed by atoms with Gasteiger partial charge in [-0.3, -0.25) is 4.79 Å². The number of ether oxygens (including phenoxy) is 1. The lowest BCUT2D eigenvalue weighted by atomic mass is 9.99. The van der Waals surface area contributed by atoms with E-state index in [1.54, 1.807) is 0 Å². The van der Waals surface area contributed by atoms with Gasteiger partial charge in [0, 0.05) is 24.1 Å². The van der Waals surface area contributed by atoms with E-state index in [0.29, 0.717) is 12.1 Å². The van der Waals surface area contributed by atoms with Gasteiger partial charge in [0.25, 0.3) is 0 Å². The van der Waals surface area contributed by atoms with Crippen LogP contribution in [0.4, 0.5) is 5.82 Å². The van der Waals surface area contributed by atoms with Gasteiger partial charge in [-0.25, -0.2) is 9.97 Å². The first kappa shape index (κ1) is 25.0. The fraction of sp³-hybridized carbons (Fsp3) is 0.321. The van der Waals surface area contributed by atoms with Crippen molar-refractivity contribution in [2.24, 2.45) is 0 Å². The van der Waals surface area contributed by atoms with Crippen LogP contribution in [0.1, 0.15) is 46.0 Å². The number of anilines is 1. The second kappa shape index (κ2) is 13.1. The molecule has 6 heteroatoms. The minimum atomic E-state index is -0.162. The van der Waals surface area contributed by atoms with Gasteiger partial charge in [0.1, 0.15) is 17.9 Å². The van der Waals surface area contributed by atoms with Gasteiger partial charge in [-0.15, -0.1) is 0 Å². The Labute approximate surface area is 201 Å². The molecule has 0 atom stereocenters. The van der Waals surface area contributed by atoms with Gasteiger partial charge in [0.15, 0.2) is 0 Å². The molecule has 2 heterocycles. The number of fused-ring (bicyclic) bond motifs is 1. The largest absolute Gasteiger partial charge is 0.469 e. The van der Waals surface area contributed by atoms with Gasteiger partial charge in [-0.1, -0.05) is 87.4 Å². The topological polar surface area (TPSA) is 77.2 Å². The van der Waals surface area contributed by atoms with Gasteiger partial charge in [-0.2, -0.15) is 0 Å². The summed E-state index contributed by atoms with van der Waals surface area (Å²) in [5.41, 5.74) is 3.58. The summed E-state index contributed by atoms with van der Waals surface area (Å²) in [4.78, 5) is 20.1. The normalized spacial score (nSPS) is 10.4. The summed E-state index contributed by atoms with van der Waals surface area (Å²) in [6, 6.07) is 20.2. The van der Waals surface area contributed by atoms with Crippen molar-refractivity contribution in [2.75, 3.05) is 19.0 Å². The Morgan fingerprint density at radius 2 is 1.56 bits per heavy atom. The number of furan rings is 1. The van der Waals surface area contributed by atoms with E-state index in [0.717, 1.165) is 59.5 Å². The number of rotatable bonds is 9. The number of methoxy groups -OCH3 is 1. The average Bonchev–Trinajstić information content (AvgIpc) is 3.28. The number of nitrogens with one attached hydrogen (secondary N) is 1. The van der Waals surface area contributed by atoms with Crippen LogP contribution in [0, 0.1) is 0 Å². The molecule has 2 aromatic heterocycles. The maximum atomic E-state index is 11.2. The second-order valence-electron chi connectivity index (χ2n) is 7.96. The van der Waals surface area contributed by atoms with Crippen molar-refractivity contribution in [1.29, 1.82) is 0 Å². The molecule has 0 spiro atoms. The third-order valence-corrected chi connectivity index (χ3v) is 5.16. The van der Waals surface area contributed by atoms with E-state index in [9.17, 15) is 4.79 Å². The van der Waals surface area contributed by atoms with E-state index >= 15 is 0 Å². The summed E-state index contributed by atoms with van der Waals surface area (Å²) in [5, 5.41) is 4.31. The average molecular weight is 460 g/mol. The number of carbonyl (C=O) groups is 1. The van der Waals surface area contributed by atoms with E-state index in [1.807, 2.05) is 48.5 Å². The van der Waals surface area contributed by atoms with Crippen molar-refractivity contribution in [3.05, 3.63) is 67.0 Å². The standard InChI is InChI=1S/C25H25N3O3.C3H8/c1-30-20(29)15-9-4-10-16-26-24-22-21(18-11-5-2-6-12-18)23(19-13-7-3-8-14-19)31-25(22)28-17-27-24;1-3-2/h2-3,5-8,11-14,17H,4,9-10,15-16H2,1H3,(H,26,27,28);3H2,1-2H3. The number of esters is 1. The maximum Gasteiger partial charge on any atom is 0.305 e. The van der Waals surface area contributed by atoms with Crippen LogP contribution < -0.4 is 5.32 Å². The fourth-order valence-corrected chi connectivity index (χ4v) is 3.62. The lowest BCUT2D eigenvalue weighted by molar-refractivity contribution is -0.140. The van der Waals surface area contributed by atoms with Crippen molar-refractivity contribution in [1.82, 2.24) is 9.97 Å². The molecule has 0 aliphatic heterocycles. The highest BCUT2D eigenvalue weighted by Gasteiger charge is 2.21. The Balaban J connectivity index is 0.00000103. The van der Waals surface area contributed by atoms with Gasteiger partial charge >= 0.3 is 5.97 Å². The lowest BCUT2D eigenvalue weighted by Crippen LogP contribution is -2.05. The summed E-state index contributed by atoms with van der Waals surface area (Å²) in [5.74, 6) is 1.37. The van der Waals surface area contributed by atoms with Gasteiger partial charge < -0.3 is 14.5 Å². The van der Waals surface area contributed by atoms with E-state index in [4.69, 9.17) is 4.42 Å². The van der Waals surface area contributed by atoms with Crippen LogP contribution in [0.3, 0.4) is 0 Å². The van der Waals surface area contributed by atoms with Crippen LogP contribution in [-0.2, 0) is 9.53 Å². The first-order chi connectivity index (χ1) is 16.7. The Bertz CT molecular complexity index is 1160. The maximum absolute atomic E-state index is 11.2. The number of carbonyl (C=O) groups excluding carboxylic acids is 1. The molecule has 2 aromatic carbocycles. The van der Waals surface area contributed by atoms with Gasteiger partial charge in [0.05, 0.1) is 12.5 Å². The molecule has 0 saturated heterocycles. The first-order valence-corrected chi connectivity index (χ1v) is 11.9. The van der Waals surface area contributed by atoms with E-state index in [1.165, 1.54) is 19.9 Å². The molecule has 0 amide bonds. The number of hydrogen-bond donors (Lipinski definition) is 1. The third-order valence-electron chi connectivity index (χ3n) is 5.16. The highest BCUT2D eigenvalue weighted by molar-refractivity contribution is 6.05. The molecule has 4 aromatic rings. The Morgan fingerprint density at radius 1 is 0.912 bits per heavy atom. The second-order valence-corrected chi connectivity index (χ2v) is 7.96. The molecule has 6 nitrogen and oxygen atoms in total. The predicted molar refractivity (Wildman–Crippen MR) is 138 cm³/mol. The minimum absolute atomic E-state index is 0.162. The Hall–Kier alpha value is -3.67. The van der Waals surface area contributed by atoms with Crippen LogP contribution in [0.25, 0.3) is 33.6 Å². The van der Waals surface area contributed by atoms with Crippen LogP contribution in [0.2, 0.25) is 0 Å². The van der Waals surface area contributed by atoms with Gasteiger partial charge in [-0.05, 0) is 18.4 Å². The van der Waals surface area contributed by atoms with Crippen molar-refractivity contribution in [3.8, 4) is 22.5 Å². The third kappa shape index (κ3) is 6.44. The number of hydrogen-bond acceptors (Lipinski definition) is 6. The van der Waals surface area contributed by atoms with Crippen LogP contribution >= 0.6 is 0 Å². The summed E-state index contributed by atoms with van der Waals surface area (Å²) in [6.45, 7) is 4.99. The van der Waals surface area contributed by atoms with Crippen LogP contribution in [0.5, 0.6) is 0 Å². The zero-order valence-electron chi connectivity index (χ0n) is 20.2. The molecule has 178 valence electrons. The number of benzene rings is 2. The van der Waals surface area contributed by atoms with E-state index < -0.39 is 0 Å². The zero-order valence-corrected chi connectivity index (χ0v) is 20.2. The molecule has 34 heavy (non-hydrogen) atoms. The highest BCUT2D eigenvalue weighted by atomic mass is 16.5. The molecule has 0 aliphatic rings. The minimum Gasteiger partial charge on any atom is -0.469 e. The Kier molecular flexibility index (Phi) is 9.65. The molecule has 0 radical (unpaired) electrons. The molecule has 0 saturated carbocycles. The monoisotopic (exact) mass is 459 g/mol. The van der Waals surface area contributed by atoms with E-state index in [2.05, 4.69) is 46.0 Å². The van der Waals surface area contributed by atoms with Crippen LogP contribution in [-0.4, -0.2) is 29.6 Å². The predicted octanol–water partition coefficient (Wildman–Crippen LogP) is 7.12. The highest BCUT2D eigenvalue weighted by Crippen LogP contribution is 2.42. The molecule has 0 unspecified atom stereocenters. The summed E-state index contributed by atoms with van der Waals surface area (Å²) in [7, 11) is 1.42. The van der Waals surface area contributed by atoms with Crippen LogP contribution in [0.15, 0.2) is 71.4 Å². The fourth-order valence-electron chi connectivity index (χ4n) is 3.62. The van der Waals surface area contributed by atoms with Crippen molar-refractivity contribution >= 4 is 22.9 Å². The quantitative estimate of drug-likeness (QED) is 0.212. The molecule has 0 bridgehead atoms. The van der Waals surface area contributed by atoms with Gasteiger partial charge in [0.2, 0.25) is 5.71 Å². The molecule has 0 fully saturated rings. The first-order valence-electron chi connectivity index (χ1n) is 11.9. The molecular weight excluding hydrogens is 426 g/mol. The summed E-state index contributed by atoms with van der Waals surface area (Å²) in [6.07, 6.45) is 5.89. The number of unbranched alkanes of at least 4 members (excludes halogenated alkanes) is 2. The van der Waals surface area contributed by atoms with Crippen molar-refractivity contribution in [2.45, 2.75) is 46.0 Å². The number of nitrogens with zero attached hydrogens (tertiary/aromatic N) is 2. The van der Waals surface area contributed by atoms with Crippen molar-refractivity contribution in [3.63, 3.8) is 0 Å². The Morgan fingerprint density at radius 3 is 2.21 bits per heavy atom. The summed E-state index contributed by atoms with van der Waals surface area (Å²) >= 11 is 0. The molecule has 4 rings (SSSR count). The molecule has 0 aliphatic carbocycles. The van der Waals surface area contributed by atoms with Crippen molar-refractivity contribution < 1.29 is 13.9 Å². The van der Waals surface area contributed by atoms with E-state index in [-0.39, 0.29) is 5.97 Å². The number of aromatic nitrogens is 2. The molecular formula is C28H33N3O3.